The Hall–Kier alpha value is -3.07. The van der Waals surface area contributed by atoms with E-state index in [9.17, 15) is 18.0 Å². The van der Waals surface area contributed by atoms with Gasteiger partial charge in [0.25, 0.3) is 0 Å². The van der Waals surface area contributed by atoms with E-state index in [1.54, 1.807) is 36.4 Å². The molecule has 30 heavy (non-hydrogen) atoms. The third kappa shape index (κ3) is 9.42. The van der Waals surface area contributed by atoms with Gasteiger partial charge in [0.15, 0.2) is 5.96 Å². The van der Waals surface area contributed by atoms with Crippen molar-refractivity contribution in [3.8, 4) is 0 Å². The number of guanidine groups is 1. The Bertz CT molecular complexity index is 809. The Morgan fingerprint density at radius 2 is 1.67 bits per heavy atom. The number of nitrogens with one attached hydrogen (secondary N) is 3. The lowest BCUT2D eigenvalue weighted by Crippen LogP contribution is -2.41. The van der Waals surface area contributed by atoms with Crippen molar-refractivity contribution in [3.63, 3.8) is 0 Å². The zero-order chi connectivity index (χ0) is 21.8. The topological polar surface area (TPSA) is 74.8 Å². The van der Waals surface area contributed by atoms with Gasteiger partial charge in [0, 0.05) is 12.2 Å². The molecular weight excluding hydrogens is 397 g/mol. The maximum Gasteiger partial charge on any atom is 0.411 e. The molecule has 2 aromatic rings. The molecule has 0 aromatic heterocycles. The van der Waals surface area contributed by atoms with Gasteiger partial charge in [-0.25, -0.2) is 4.99 Å². The van der Waals surface area contributed by atoms with Crippen LogP contribution in [0.1, 0.15) is 18.1 Å². The fourth-order valence-corrected chi connectivity index (χ4v) is 2.43. The highest BCUT2D eigenvalue weighted by atomic mass is 19.4. The third-order valence-corrected chi connectivity index (χ3v) is 3.80. The van der Waals surface area contributed by atoms with E-state index in [0.29, 0.717) is 30.3 Å². The lowest BCUT2D eigenvalue weighted by Gasteiger charge is -2.12. The first-order chi connectivity index (χ1) is 14.4. The Morgan fingerprint density at radius 1 is 1.00 bits per heavy atom. The van der Waals surface area contributed by atoms with Gasteiger partial charge in [-0.15, -0.1) is 0 Å². The van der Waals surface area contributed by atoms with E-state index in [2.05, 4.69) is 25.7 Å². The smallest absolute Gasteiger partial charge is 0.367 e. The zero-order valence-corrected chi connectivity index (χ0v) is 16.6. The molecule has 9 heteroatoms. The minimum absolute atomic E-state index is 0.0518. The Kier molecular flexibility index (Phi) is 9.14. The largest absolute Gasteiger partial charge is 0.411 e. The van der Waals surface area contributed by atoms with Gasteiger partial charge in [-0.3, -0.25) is 4.79 Å². The number of alkyl halides is 3. The molecule has 0 saturated carbocycles. The van der Waals surface area contributed by atoms with Gasteiger partial charge in [0.05, 0.1) is 19.7 Å². The predicted octanol–water partition coefficient (Wildman–Crippen LogP) is 3.46. The second-order valence-electron chi connectivity index (χ2n) is 6.39. The maximum absolute atomic E-state index is 12.1. The number of carbonyl (C=O) groups excluding carboxylic acids is 1. The van der Waals surface area contributed by atoms with Gasteiger partial charge in [-0.1, -0.05) is 42.5 Å². The van der Waals surface area contributed by atoms with Crippen LogP contribution >= 0.6 is 0 Å². The fraction of sp³-hybridized carbons (Fsp3) is 0.333. The molecule has 0 bridgehead atoms. The van der Waals surface area contributed by atoms with E-state index in [4.69, 9.17) is 0 Å². The number of ether oxygens (including phenoxy) is 1. The summed E-state index contributed by atoms with van der Waals surface area (Å²) in [6.07, 6.45) is -4.33. The predicted molar refractivity (Wildman–Crippen MR) is 110 cm³/mol. The molecule has 6 nitrogen and oxygen atoms in total. The average molecular weight is 422 g/mol. The standard InChI is InChI=1S/C21H25F3N4O2/c1-2-25-20(27-13-19(29)28-18-6-4-3-5-7-18)26-12-16-8-10-17(11-9-16)14-30-15-21(22,23)24/h3-11H,2,12-15H2,1H3,(H,28,29)(H2,25,26,27). The summed E-state index contributed by atoms with van der Waals surface area (Å²) >= 11 is 0. The summed E-state index contributed by atoms with van der Waals surface area (Å²) < 4.78 is 41.0. The van der Waals surface area contributed by atoms with Gasteiger partial charge < -0.3 is 20.7 Å². The van der Waals surface area contributed by atoms with Gasteiger partial charge in [-0.05, 0) is 30.2 Å². The molecule has 3 N–H and O–H groups in total. The first kappa shape index (κ1) is 23.2. The number of rotatable bonds is 9. The summed E-state index contributed by atoms with van der Waals surface area (Å²) in [7, 11) is 0. The lowest BCUT2D eigenvalue weighted by molar-refractivity contribution is -0.176. The maximum atomic E-state index is 12.1. The molecule has 162 valence electrons. The average Bonchev–Trinajstić information content (AvgIpc) is 2.71. The molecule has 0 fully saturated rings. The van der Waals surface area contributed by atoms with Crippen LogP contribution in [-0.4, -0.2) is 37.7 Å². The molecule has 1 amide bonds. The van der Waals surface area contributed by atoms with Crippen LogP contribution in [0.5, 0.6) is 0 Å². The second kappa shape index (κ2) is 11.8. The number of hydrogen-bond acceptors (Lipinski definition) is 3. The Labute approximate surface area is 173 Å². The molecule has 2 aromatic carbocycles. The summed E-state index contributed by atoms with van der Waals surface area (Å²) in [5.74, 6) is 0.285. The molecule has 0 unspecified atom stereocenters. The molecule has 0 spiro atoms. The highest BCUT2D eigenvalue weighted by Crippen LogP contribution is 2.16. The number of benzene rings is 2. The van der Waals surface area contributed by atoms with Crippen molar-refractivity contribution in [1.29, 1.82) is 0 Å². The minimum atomic E-state index is -4.33. The van der Waals surface area contributed by atoms with Crippen molar-refractivity contribution in [2.24, 2.45) is 4.99 Å². The number of para-hydroxylation sites is 1. The monoisotopic (exact) mass is 422 g/mol. The second-order valence-corrected chi connectivity index (χ2v) is 6.39. The van der Waals surface area contributed by atoms with Crippen LogP contribution in [0.25, 0.3) is 0 Å². The van der Waals surface area contributed by atoms with Crippen molar-refractivity contribution in [1.82, 2.24) is 10.6 Å². The fourth-order valence-electron chi connectivity index (χ4n) is 2.43. The summed E-state index contributed by atoms with van der Waals surface area (Å²) in [5.41, 5.74) is 2.24. The molecule has 0 aliphatic heterocycles. The van der Waals surface area contributed by atoms with E-state index < -0.39 is 12.8 Å². The van der Waals surface area contributed by atoms with E-state index in [-0.39, 0.29) is 19.1 Å². The van der Waals surface area contributed by atoms with Crippen LogP contribution in [-0.2, 0) is 22.7 Å². The highest BCUT2D eigenvalue weighted by molar-refractivity contribution is 5.94. The Balaban J connectivity index is 1.82. The molecule has 0 saturated heterocycles. The van der Waals surface area contributed by atoms with Crippen LogP contribution in [0.15, 0.2) is 59.6 Å². The molecule has 0 radical (unpaired) electrons. The van der Waals surface area contributed by atoms with Crippen LogP contribution in [0.2, 0.25) is 0 Å². The lowest BCUT2D eigenvalue weighted by atomic mass is 10.1. The number of hydrogen-bond donors (Lipinski definition) is 3. The quantitative estimate of drug-likeness (QED) is 0.427. The van der Waals surface area contributed by atoms with Crippen molar-refractivity contribution < 1.29 is 22.7 Å². The molecule has 2 rings (SSSR count). The summed E-state index contributed by atoms with van der Waals surface area (Å²) in [4.78, 5) is 16.5. The number of carbonyl (C=O) groups is 1. The molecule has 0 heterocycles. The van der Waals surface area contributed by atoms with Crippen molar-refractivity contribution >= 4 is 17.6 Å². The van der Waals surface area contributed by atoms with Gasteiger partial charge in [0.2, 0.25) is 5.91 Å². The molecule has 0 aliphatic rings. The summed E-state index contributed by atoms with van der Waals surface area (Å²) in [6.45, 7) is 1.56. The van der Waals surface area contributed by atoms with Crippen molar-refractivity contribution in [2.45, 2.75) is 26.3 Å². The molecule has 0 aliphatic carbocycles. The number of anilines is 1. The first-order valence-corrected chi connectivity index (χ1v) is 9.45. The van der Waals surface area contributed by atoms with Gasteiger partial charge in [-0.2, -0.15) is 13.2 Å². The summed E-state index contributed by atoms with van der Waals surface area (Å²) in [6, 6.07) is 16.1. The van der Waals surface area contributed by atoms with Crippen molar-refractivity contribution in [2.75, 3.05) is 25.0 Å². The van der Waals surface area contributed by atoms with Crippen LogP contribution in [0.3, 0.4) is 0 Å². The molecule has 0 atom stereocenters. The normalized spacial score (nSPS) is 11.8. The van der Waals surface area contributed by atoms with Crippen LogP contribution < -0.4 is 16.0 Å². The van der Waals surface area contributed by atoms with Gasteiger partial charge >= 0.3 is 6.18 Å². The number of aliphatic imine (C=N–C) groups is 1. The van der Waals surface area contributed by atoms with E-state index in [1.807, 2.05) is 25.1 Å². The van der Waals surface area contributed by atoms with Gasteiger partial charge in [0.1, 0.15) is 6.61 Å². The van der Waals surface area contributed by atoms with Crippen molar-refractivity contribution in [3.05, 3.63) is 65.7 Å². The number of amides is 1. The minimum Gasteiger partial charge on any atom is -0.367 e. The van der Waals surface area contributed by atoms with E-state index >= 15 is 0 Å². The highest BCUT2D eigenvalue weighted by Gasteiger charge is 2.27. The SMILES string of the molecule is CCNC(=NCc1ccc(COCC(F)(F)F)cc1)NCC(=O)Nc1ccccc1. The van der Waals surface area contributed by atoms with Crippen LogP contribution in [0, 0.1) is 0 Å². The van der Waals surface area contributed by atoms with E-state index in [0.717, 1.165) is 5.56 Å². The number of nitrogens with zero attached hydrogens (tertiary/aromatic N) is 1. The van der Waals surface area contributed by atoms with E-state index in [1.165, 1.54) is 0 Å². The molecular formula is C21H25F3N4O2. The third-order valence-electron chi connectivity index (χ3n) is 3.80. The number of halogens is 3. The Morgan fingerprint density at radius 3 is 2.30 bits per heavy atom. The first-order valence-electron chi connectivity index (χ1n) is 9.45. The summed E-state index contributed by atoms with van der Waals surface area (Å²) in [5, 5.41) is 8.80. The zero-order valence-electron chi connectivity index (χ0n) is 16.6. The van der Waals surface area contributed by atoms with Crippen LogP contribution in [0.4, 0.5) is 18.9 Å².